The summed E-state index contributed by atoms with van der Waals surface area (Å²) < 4.78 is 0. The maximum atomic E-state index is 11.2. The Morgan fingerprint density at radius 1 is 1.57 bits per heavy atom. The van der Waals surface area contributed by atoms with Crippen molar-refractivity contribution in [1.29, 1.82) is 0 Å². The van der Waals surface area contributed by atoms with Crippen LogP contribution >= 0.6 is 0 Å². The van der Waals surface area contributed by atoms with Crippen LogP contribution in [-0.2, 0) is 11.2 Å². The molecular weight excluding hydrogens is 174 g/mol. The van der Waals surface area contributed by atoms with Crippen molar-refractivity contribution >= 4 is 11.6 Å². The van der Waals surface area contributed by atoms with Gasteiger partial charge in [-0.2, -0.15) is 0 Å². The molecule has 1 aromatic rings. The molecule has 0 spiro atoms. The Morgan fingerprint density at radius 3 is 3.00 bits per heavy atom. The third kappa shape index (κ3) is 1.27. The molecule has 14 heavy (non-hydrogen) atoms. The second kappa shape index (κ2) is 3.19. The summed E-state index contributed by atoms with van der Waals surface area (Å²) in [4.78, 5) is 13.0. The fourth-order valence-corrected chi connectivity index (χ4v) is 1.82. The molecule has 1 aliphatic heterocycles. The van der Waals surface area contributed by atoms with E-state index in [1.54, 1.807) is 11.8 Å². The van der Waals surface area contributed by atoms with Gasteiger partial charge in [-0.1, -0.05) is 5.92 Å². The zero-order valence-electron chi connectivity index (χ0n) is 8.08. The maximum Gasteiger partial charge on any atom is 0.223 e. The molecule has 70 valence electrons. The first kappa shape index (κ1) is 8.83. The van der Waals surface area contributed by atoms with Crippen LogP contribution in [0.1, 0.15) is 18.1 Å². The molecule has 0 N–H and O–H groups in total. The number of terminal acetylenes is 1. The lowest BCUT2D eigenvalue weighted by molar-refractivity contribution is -0.116. The lowest BCUT2D eigenvalue weighted by Crippen LogP contribution is -2.25. The number of nitrogens with zero attached hydrogens (tertiary/aromatic N) is 1. The molecule has 1 heterocycles. The first-order chi connectivity index (χ1) is 6.72. The van der Waals surface area contributed by atoms with Crippen molar-refractivity contribution in [2.24, 2.45) is 0 Å². The van der Waals surface area contributed by atoms with Gasteiger partial charge in [0.1, 0.15) is 0 Å². The van der Waals surface area contributed by atoms with Crippen molar-refractivity contribution in [1.82, 2.24) is 0 Å². The monoisotopic (exact) mass is 185 g/mol. The quantitative estimate of drug-likeness (QED) is 0.562. The summed E-state index contributed by atoms with van der Waals surface area (Å²) in [6, 6.07) is 5.79. The standard InChI is InChI=1S/C12H11NO/c1-3-10-4-5-12-11(8-10)6-7-13(12)9(2)14/h1,4-5,8H,6-7H2,2H3. The van der Waals surface area contributed by atoms with Gasteiger partial charge in [0.05, 0.1) is 0 Å². The van der Waals surface area contributed by atoms with Gasteiger partial charge < -0.3 is 4.90 Å². The fraction of sp³-hybridized carbons (Fsp3) is 0.250. The zero-order valence-corrected chi connectivity index (χ0v) is 8.08. The number of benzene rings is 1. The smallest absolute Gasteiger partial charge is 0.223 e. The van der Waals surface area contributed by atoms with Crippen molar-refractivity contribution in [2.45, 2.75) is 13.3 Å². The van der Waals surface area contributed by atoms with Crippen molar-refractivity contribution in [2.75, 3.05) is 11.4 Å². The molecule has 2 nitrogen and oxygen atoms in total. The van der Waals surface area contributed by atoms with Crippen LogP contribution in [0.4, 0.5) is 5.69 Å². The van der Waals surface area contributed by atoms with Gasteiger partial charge in [0.15, 0.2) is 0 Å². The number of anilines is 1. The highest BCUT2D eigenvalue weighted by Gasteiger charge is 2.21. The summed E-state index contributed by atoms with van der Waals surface area (Å²) in [6.45, 7) is 2.36. The minimum atomic E-state index is 0.0946. The number of fused-ring (bicyclic) bond motifs is 1. The second-order valence-electron chi connectivity index (χ2n) is 3.41. The minimum Gasteiger partial charge on any atom is -0.312 e. The lowest BCUT2D eigenvalue weighted by Gasteiger charge is -2.14. The molecule has 2 heteroatoms. The summed E-state index contributed by atoms with van der Waals surface area (Å²) in [6.07, 6.45) is 6.21. The predicted molar refractivity (Wildman–Crippen MR) is 56.1 cm³/mol. The molecule has 0 aliphatic carbocycles. The Labute approximate surface area is 83.5 Å². The summed E-state index contributed by atoms with van der Waals surface area (Å²) >= 11 is 0. The Morgan fingerprint density at radius 2 is 2.36 bits per heavy atom. The topological polar surface area (TPSA) is 20.3 Å². The van der Waals surface area contributed by atoms with Crippen LogP contribution in [0.2, 0.25) is 0 Å². The van der Waals surface area contributed by atoms with Crippen LogP contribution in [-0.4, -0.2) is 12.5 Å². The van der Waals surface area contributed by atoms with E-state index in [0.717, 1.165) is 24.2 Å². The number of hydrogen-bond donors (Lipinski definition) is 0. The van der Waals surface area contributed by atoms with Crippen molar-refractivity contribution in [3.8, 4) is 12.3 Å². The molecule has 0 bridgehead atoms. The van der Waals surface area contributed by atoms with Crippen molar-refractivity contribution in [3.05, 3.63) is 29.3 Å². The molecule has 0 saturated carbocycles. The Balaban J connectivity index is 2.44. The predicted octanol–water partition coefficient (Wildman–Crippen LogP) is 1.58. The highest BCUT2D eigenvalue weighted by Crippen LogP contribution is 2.28. The first-order valence-electron chi connectivity index (χ1n) is 4.60. The molecule has 0 atom stereocenters. The fourth-order valence-electron chi connectivity index (χ4n) is 1.82. The van der Waals surface area contributed by atoms with E-state index in [4.69, 9.17) is 6.42 Å². The van der Waals surface area contributed by atoms with E-state index < -0.39 is 0 Å². The normalized spacial score (nSPS) is 13.6. The zero-order chi connectivity index (χ0) is 10.1. The van der Waals surface area contributed by atoms with E-state index in [2.05, 4.69) is 5.92 Å². The molecule has 1 aromatic carbocycles. The van der Waals surface area contributed by atoms with Crippen LogP contribution in [0.25, 0.3) is 0 Å². The SMILES string of the molecule is C#Cc1ccc2c(c1)CCN2C(C)=O. The highest BCUT2D eigenvalue weighted by atomic mass is 16.2. The van der Waals surface area contributed by atoms with Gasteiger partial charge in [-0.25, -0.2) is 0 Å². The average Bonchev–Trinajstić information content (AvgIpc) is 2.59. The number of carbonyl (C=O) groups excluding carboxylic acids is 1. The lowest BCUT2D eigenvalue weighted by atomic mass is 10.1. The molecule has 0 aromatic heterocycles. The van der Waals surface area contributed by atoms with Crippen LogP contribution in [0, 0.1) is 12.3 Å². The third-order valence-corrected chi connectivity index (χ3v) is 2.52. The number of rotatable bonds is 0. The van der Waals surface area contributed by atoms with Crippen LogP contribution in [0.3, 0.4) is 0 Å². The minimum absolute atomic E-state index is 0.0946. The van der Waals surface area contributed by atoms with Crippen LogP contribution in [0.5, 0.6) is 0 Å². The van der Waals surface area contributed by atoms with Gasteiger partial charge >= 0.3 is 0 Å². The number of hydrogen-bond acceptors (Lipinski definition) is 1. The maximum absolute atomic E-state index is 11.2. The van der Waals surface area contributed by atoms with Crippen LogP contribution in [0.15, 0.2) is 18.2 Å². The van der Waals surface area contributed by atoms with Gasteiger partial charge in [0, 0.05) is 24.7 Å². The molecule has 0 fully saturated rings. The molecular formula is C12H11NO. The van der Waals surface area contributed by atoms with Crippen molar-refractivity contribution in [3.63, 3.8) is 0 Å². The second-order valence-corrected chi connectivity index (χ2v) is 3.41. The van der Waals surface area contributed by atoms with E-state index in [1.807, 2.05) is 18.2 Å². The number of amides is 1. The summed E-state index contributed by atoms with van der Waals surface area (Å²) in [5.41, 5.74) is 3.07. The Hall–Kier alpha value is -1.75. The van der Waals surface area contributed by atoms with Gasteiger partial charge in [-0.15, -0.1) is 6.42 Å². The molecule has 0 unspecified atom stereocenters. The largest absolute Gasteiger partial charge is 0.312 e. The van der Waals surface area contributed by atoms with E-state index in [1.165, 1.54) is 5.56 Å². The summed E-state index contributed by atoms with van der Waals surface area (Å²) in [7, 11) is 0. The Kier molecular flexibility index (Phi) is 2.01. The average molecular weight is 185 g/mol. The van der Waals surface area contributed by atoms with E-state index in [-0.39, 0.29) is 5.91 Å². The molecule has 2 rings (SSSR count). The molecule has 1 amide bonds. The van der Waals surface area contributed by atoms with E-state index in [9.17, 15) is 4.79 Å². The van der Waals surface area contributed by atoms with E-state index >= 15 is 0 Å². The summed E-state index contributed by atoms with van der Waals surface area (Å²) in [5, 5.41) is 0. The van der Waals surface area contributed by atoms with Gasteiger partial charge in [-0.05, 0) is 30.2 Å². The van der Waals surface area contributed by atoms with Gasteiger partial charge in [-0.3, -0.25) is 4.79 Å². The van der Waals surface area contributed by atoms with E-state index in [0.29, 0.717) is 0 Å². The van der Waals surface area contributed by atoms with Crippen molar-refractivity contribution < 1.29 is 4.79 Å². The molecule has 1 aliphatic rings. The molecule has 0 saturated heterocycles. The third-order valence-electron chi connectivity index (χ3n) is 2.52. The summed E-state index contributed by atoms with van der Waals surface area (Å²) in [5.74, 6) is 2.69. The molecule has 0 radical (unpaired) electrons. The number of carbonyl (C=O) groups is 1. The Bertz CT molecular complexity index is 428. The van der Waals surface area contributed by atoms with Gasteiger partial charge in [0.2, 0.25) is 5.91 Å². The van der Waals surface area contributed by atoms with Gasteiger partial charge in [0.25, 0.3) is 0 Å². The first-order valence-corrected chi connectivity index (χ1v) is 4.60. The highest BCUT2D eigenvalue weighted by molar-refractivity contribution is 5.93. The van der Waals surface area contributed by atoms with Crippen LogP contribution < -0.4 is 4.90 Å².